The number of phenolic OH excluding ortho intramolecular Hbond substituents is 1. The Bertz CT molecular complexity index is 1180. The topological polar surface area (TPSA) is 161 Å². The summed E-state index contributed by atoms with van der Waals surface area (Å²) in [6.07, 6.45) is 0.187. The van der Waals surface area contributed by atoms with Crippen molar-refractivity contribution < 1.29 is 34.8 Å². The van der Waals surface area contributed by atoms with Gasteiger partial charge in [-0.1, -0.05) is 19.0 Å². The lowest BCUT2D eigenvalue weighted by Crippen LogP contribution is -2.65. The van der Waals surface area contributed by atoms with Crippen LogP contribution < -0.4 is 5.73 Å². The molecule has 3 aliphatic rings. The number of carbonyl (C=O) groups is 3. The van der Waals surface area contributed by atoms with Crippen LogP contribution in [0, 0.1) is 15.4 Å². The van der Waals surface area contributed by atoms with E-state index in [1.165, 1.54) is 11.0 Å². The zero-order chi connectivity index (χ0) is 23.9. The van der Waals surface area contributed by atoms with Crippen LogP contribution in [0.4, 0.5) is 0 Å². The van der Waals surface area contributed by atoms with Gasteiger partial charge in [0.1, 0.15) is 22.8 Å². The highest BCUT2D eigenvalue weighted by Gasteiger charge is 2.64. The van der Waals surface area contributed by atoms with E-state index in [1.54, 1.807) is 14.1 Å². The van der Waals surface area contributed by atoms with Crippen molar-refractivity contribution in [1.29, 1.82) is 0 Å². The van der Waals surface area contributed by atoms with Gasteiger partial charge in [0.2, 0.25) is 5.78 Å². The Morgan fingerprint density at radius 3 is 2.42 bits per heavy atom. The average molecular weight is 591 g/mol. The number of phenols is 1. The molecule has 0 saturated heterocycles. The van der Waals surface area contributed by atoms with Crippen molar-refractivity contribution in [3.63, 3.8) is 0 Å². The van der Waals surface area contributed by atoms with Gasteiger partial charge in [-0.05, 0) is 67.1 Å². The lowest BCUT2D eigenvalue weighted by atomic mass is 9.57. The number of aromatic hydroxyl groups is 1. The summed E-state index contributed by atoms with van der Waals surface area (Å²) in [6.45, 7) is 0. The zero-order valence-corrected chi connectivity index (χ0v) is 19.9. The number of aliphatic hydroxyl groups is 3. The summed E-state index contributed by atoms with van der Waals surface area (Å²) in [5.41, 5.74) is 2.02. The normalized spacial score (nSPS) is 28.8. The van der Waals surface area contributed by atoms with E-state index in [1.807, 2.05) is 22.6 Å². The number of hydrogen-bond donors (Lipinski definition) is 5. The van der Waals surface area contributed by atoms with Crippen molar-refractivity contribution in [3.05, 3.63) is 42.7 Å². The van der Waals surface area contributed by atoms with Crippen LogP contribution in [0.15, 0.2) is 23.0 Å². The third kappa shape index (κ3) is 3.29. The van der Waals surface area contributed by atoms with Crippen LogP contribution in [0.2, 0.25) is 5.02 Å². The molecule has 1 aromatic rings. The molecule has 0 heterocycles. The van der Waals surface area contributed by atoms with E-state index in [9.17, 15) is 34.8 Å². The summed E-state index contributed by atoms with van der Waals surface area (Å²) >= 11 is 8.18. The lowest BCUT2D eigenvalue weighted by molar-refractivity contribution is -0.153. The van der Waals surface area contributed by atoms with Gasteiger partial charge in [0, 0.05) is 16.5 Å². The fourth-order valence-electron chi connectivity index (χ4n) is 5.24. The summed E-state index contributed by atoms with van der Waals surface area (Å²) in [7, 11) is 3.09. The number of amides is 1. The van der Waals surface area contributed by atoms with Crippen molar-refractivity contribution >= 4 is 57.4 Å². The Kier molecular flexibility index (Phi) is 6.37. The Morgan fingerprint density at radius 2 is 1.88 bits per heavy atom. The van der Waals surface area contributed by atoms with Crippen LogP contribution in [0.5, 0.6) is 5.75 Å². The van der Waals surface area contributed by atoms with Gasteiger partial charge in [0.25, 0.3) is 5.91 Å². The Balaban J connectivity index is 0.00000306. The maximum absolute atomic E-state index is 13.6. The molecule has 11 heteroatoms. The second kappa shape index (κ2) is 8.26. The number of primary amides is 1. The minimum atomic E-state index is -2.65. The molecule has 4 atom stereocenters. The molecule has 1 saturated carbocycles. The molecule has 0 unspecified atom stereocenters. The maximum Gasteiger partial charge on any atom is 0.255 e. The molecule has 0 aliphatic heterocycles. The predicted molar refractivity (Wildman–Crippen MR) is 129 cm³/mol. The summed E-state index contributed by atoms with van der Waals surface area (Å²) in [5.74, 6) is -6.80. The van der Waals surface area contributed by atoms with Crippen molar-refractivity contribution in [2.75, 3.05) is 14.1 Å². The molecule has 9 nitrogen and oxygen atoms in total. The van der Waals surface area contributed by atoms with Crippen molar-refractivity contribution in [2.24, 2.45) is 17.6 Å². The van der Waals surface area contributed by atoms with Crippen LogP contribution in [0.25, 0.3) is 5.76 Å². The smallest absolute Gasteiger partial charge is 0.255 e. The van der Waals surface area contributed by atoms with Crippen LogP contribution >= 0.6 is 34.2 Å². The van der Waals surface area contributed by atoms with Gasteiger partial charge in [-0.15, -0.1) is 0 Å². The molecule has 1 amide bonds. The maximum atomic E-state index is 13.6. The van der Waals surface area contributed by atoms with Crippen molar-refractivity contribution in [3.8, 4) is 5.75 Å². The van der Waals surface area contributed by atoms with Gasteiger partial charge in [-0.25, -0.2) is 0 Å². The van der Waals surface area contributed by atoms with E-state index in [-0.39, 0.29) is 37.2 Å². The first-order valence-corrected chi connectivity index (χ1v) is 11.1. The molecule has 0 bridgehead atoms. The largest absolute Gasteiger partial charge is 0.508 e. The molecule has 4 rings (SSSR count). The third-order valence-corrected chi connectivity index (χ3v) is 7.78. The molecule has 0 aromatic heterocycles. The molecule has 3 aliphatic carbocycles. The Labute approximate surface area is 208 Å². The number of carbonyl (C=O) groups excluding carboxylic acids is 3. The average Bonchev–Trinajstić information content (AvgIpc) is 2.68. The first kappa shape index (κ1) is 25.5. The van der Waals surface area contributed by atoms with E-state index in [0.29, 0.717) is 14.2 Å². The number of ketones is 2. The van der Waals surface area contributed by atoms with Crippen LogP contribution in [-0.4, -0.2) is 68.5 Å². The fraction of sp³-hybridized carbons (Fsp3) is 0.409. The highest BCUT2D eigenvalue weighted by Crippen LogP contribution is 2.53. The monoisotopic (exact) mass is 590 g/mol. The number of hydrogen-bond acceptors (Lipinski definition) is 8. The second-order valence-corrected chi connectivity index (χ2v) is 10.1. The predicted octanol–water partition coefficient (Wildman–Crippen LogP) is 1.86. The first-order chi connectivity index (χ1) is 14.8. The van der Waals surface area contributed by atoms with E-state index in [2.05, 4.69) is 0 Å². The number of aliphatic hydroxyl groups excluding tert-OH is 2. The number of fused-ring (bicyclic) bond motifs is 3. The molecule has 0 radical (unpaired) electrons. The number of nitrogens with zero attached hydrogens (tertiary/aromatic N) is 1. The number of rotatable bonds is 2. The van der Waals surface area contributed by atoms with Crippen LogP contribution in [-0.2, 0) is 20.8 Å². The van der Waals surface area contributed by atoms with E-state index >= 15 is 0 Å². The SMILES string of the molecule is C.CN(C)[C@@H]1C(=O)C(C(N)=O)=C(O)[C@@]2(O)C(=O)C3=C(O)c4c(O)c(I)cc(Cl)c4C[C@H]3C[C@@H]12. The van der Waals surface area contributed by atoms with Crippen LogP contribution in [0.3, 0.4) is 0 Å². The van der Waals surface area contributed by atoms with Gasteiger partial charge in [-0.2, -0.15) is 0 Å². The molecule has 1 aromatic carbocycles. The first-order valence-electron chi connectivity index (χ1n) is 9.68. The van der Waals surface area contributed by atoms with Crippen molar-refractivity contribution in [1.82, 2.24) is 4.90 Å². The molecule has 6 N–H and O–H groups in total. The fourth-order valence-corrected chi connectivity index (χ4v) is 6.28. The summed E-state index contributed by atoms with van der Waals surface area (Å²) in [6, 6.07) is 0.420. The molecular weight excluding hydrogens is 567 g/mol. The van der Waals surface area contributed by atoms with Gasteiger partial charge >= 0.3 is 0 Å². The number of nitrogens with two attached hydrogens (primary N) is 1. The molecule has 33 heavy (non-hydrogen) atoms. The Hall–Kier alpha value is -2.15. The molecule has 178 valence electrons. The van der Waals surface area contributed by atoms with Gasteiger partial charge in [0.05, 0.1) is 15.2 Å². The van der Waals surface area contributed by atoms with Crippen LogP contribution in [0.1, 0.15) is 25.0 Å². The standard InChI is InChI=1S/C21H20ClIN2O7.CH4/c1-25(2)14-8-4-6-3-7-9(22)5-10(23)15(26)12(7)16(27)11(6)18(29)21(8,32)19(30)13(17(14)28)20(24)31;/h5-6,8,14,26-27,30,32H,3-4H2,1-2H3,(H2,24,31);1H4/t6-,8-,14-,21-;/m0./s1. The molecule has 0 spiro atoms. The van der Waals surface area contributed by atoms with E-state index in [4.69, 9.17) is 17.3 Å². The minimum Gasteiger partial charge on any atom is -0.508 e. The third-order valence-electron chi connectivity index (χ3n) is 6.62. The number of benzene rings is 1. The highest BCUT2D eigenvalue weighted by molar-refractivity contribution is 14.1. The zero-order valence-electron chi connectivity index (χ0n) is 17.0. The quantitative estimate of drug-likeness (QED) is 0.258. The number of Topliss-reactive ketones (excluding diaryl/α,β-unsaturated/α-hetero) is 2. The highest BCUT2D eigenvalue weighted by atomic mass is 127. The molecular formula is C22H24ClIN2O7. The summed E-state index contributed by atoms with van der Waals surface area (Å²) < 4.78 is 0.353. The summed E-state index contributed by atoms with van der Waals surface area (Å²) in [4.78, 5) is 40.0. The minimum absolute atomic E-state index is 0. The van der Waals surface area contributed by atoms with Crippen molar-refractivity contribution in [2.45, 2.75) is 31.9 Å². The van der Waals surface area contributed by atoms with E-state index < -0.39 is 58.0 Å². The molecule has 1 fully saturated rings. The van der Waals surface area contributed by atoms with Gasteiger partial charge in [-0.3, -0.25) is 19.3 Å². The number of likely N-dealkylation sites (N-methyl/N-ethyl adjacent to an activating group) is 1. The van der Waals surface area contributed by atoms with E-state index in [0.717, 1.165) is 0 Å². The number of halogens is 2. The second-order valence-electron chi connectivity index (χ2n) is 8.50. The summed E-state index contributed by atoms with van der Waals surface area (Å²) in [5, 5.41) is 44.1. The Morgan fingerprint density at radius 1 is 1.27 bits per heavy atom. The van der Waals surface area contributed by atoms with Gasteiger partial charge in [0.15, 0.2) is 11.4 Å². The van der Waals surface area contributed by atoms with Gasteiger partial charge < -0.3 is 26.2 Å². The lowest BCUT2D eigenvalue weighted by Gasteiger charge is -2.50.